The Hall–Kier alpha value is -2.38. The van der Waals surface area contributed by atoms with Gasteiger partial charge in [0.2, 0.25) is 5.82 Å². The predicted octanol–water partition coefficient (Wildman–Crippen LogP) is 0.260. The number of aromatic nitrogens is 4. The van der Waals surface area contributed by atoms with E-state index in [0.29, 0.717) is 6.54 Å². The van der Waals surface area contributed by atoms with E-state index >= 15 is 0 Å². The number of carboxylic acids is 1. The fourth-order valence-corrected chi connectivity index (χ4v) is 2.08. The van der Waals surface area contributed by atoms with E-state index in [1.54, 1.807) is 6.92 Å². The standard InChI is InChI=1S/C12H16N4O4/c1-4-15-10(17)7-9(14-8(13-7)11(18)19)16(12(15)20)5-6(2)3/h6H,4-5H2,1-3H3,(H,13,14)(H,18,19). The summed E-state index contributed by atoms with van der Waals surface area (Å²) in [5, 5.41) is 8.96. The highest BCUT2D eigenvalue weighted by Crippen LogP contribution is 2.08. The number of hydrogen-bond donors (Lipinski definition) is 2. The van der Waals surface area contributed by atoms with E-state index in [1.807, 2.05) is 13.8 Å². The number of nitrogens with one attached hydrogen (secondary N) is 1. The number of imidazole rings is 1. The highest BCUT2D eigenvalue weighted by atomic mass is 16.4. The zero-order valence-corrected chi connectivity index (χ0v) is 11.5. The third-order valence-electron chi connectivity index (χ3n) is 2.93. The van der Waals surface area contributed by atoms with Gasteiger partial charge >= 0.3 is 11.7 Å². The highest BCUT2D eigenvalue weighted by molar-refractivity contribution is 5.87. The fourth-order valence-electron chi connectivity index (χ4n) is 2.08. The Kier molecular flexibility index (Phi) is 3.47. The van der Waals surface area contributed by atoms with E-state index in [9.17, 15) is 14.4 Å². The molecule has 8 heteroatoms. The van der Waals surface area contributed by atoms with Gasteiger partial charge < -0.3 is 10.1 Å². The Morgan fingerprint density at radius 3 is 2.50 bits per heavy atom. The first-order chi connectivity index (χ1) is 9.36. The number of fused-ring (bicyclic) bond motifs is 1. The van der Waals surface area contributed by atoms with Crippen molar-refractivity contribution in [1.29, 1.82) is 0 Å². The van der Waals surface area contributed by atoms with Gasteiger partial charge in [0.1, 0.15) is 0 Å². The summed E-state index contributed by atoms with van der Waals surface area (Å²) < 4.78 is 2.41. The molecule has 2 heterocycles. The molecule has 0 aromatic carbocycles. The molecule has 2 aromatic heterocycles. The van der Waals surface area contributed by atoms with Gasteiger partial charge in [-0.3, -0.25) is 13.9 Å². The van der Waals surface area contributed by atoms with E-state index in [4.69, 9.17) is 5.11 Å². The lowest BCUT2D eigenvalue weighted by Gasteiger charge is -2.11. The number of carboxylic acid groups (broad SMARTS) is 1. The summed E-state index contributed by atoms with van der Waals surface area (Å²) in [4.78, 5) is 41.7. The normalized spacial score (nSPS) is 11.4. The maximum atomic E-state index is 12.3. The van der Waals surface area contributed by atoms with Crippen molar-refractivity contribution in [3.63, 3.8) is 0 Å². The van der Waals surface area contributed by atoms with Crippen molar-refractivity contribution in [2.24, 2.45) is 5.92 Å². The number of carbonyl (C=O) groups is 1. The maximum absolute atomic E-state index is 12.3. The van der Waals surface area contributed by atoms with Crippen molar-refractivity contribution < 1.29 is 9.90 Å². The lowest BCUT2D eigenvalue weighted by atomic mass is 10.2. The number of nitrogens with zero attached hydrogens (tertiary/aromatic N) is 3. The fraction of sp³-hybridized carbons (Fsp3) is 0.500. The van der Waals surface area contributed by atoms with E-state index in [1.165, 1.54) is 4.57 Å². The lowest BCUT2D eigenvalue weighted by molar-refractivity contribution is 0.0685. The third kappa shape index (κ3) is 2.13. The number of aromatic amines is 1. The van der Waals surface area contributed by atoms with Crippen LogP contribution in [0.2, 0.25) is 0 Å². The van der Waals surface area contributed by atoms with E-state index in [2.05, 4.69) is 9.97 Å². The SMILES string of the molecule is CCn1c(=O)c2[nH]c(C(=O)O)nc2n(CC(C)C)c1=O. The summed E-state index contributed by atoms with van der Waals surface area (Å²) in [5.41, 5.74) is -0.880. The number of rotatable bonds is 4. The summed E-state index contributed by atoms with van der Waals surface area (Å²) in [6.45, 7) is 6.10. The third-order valence-corrected chi connectivity index (χ3v) is 2.93. The average Bonchev–Trinajstić information content (AvgIpc) is 2.80. The predicted molar refractivity (Wildman–Crippen MR) is 72.1 cm³/mol. The molecule has 0 aliphatic carbocycles. The maximum Gasteiger partial charge on any atom is 0.371 e. The molecule has 0 radical (unpaired) electrons. The van der Waals surface area contributed by atoms with Gasteiger partial charge in [0.05, 0.1) is 0 Å². The van der Waals surface area contributed by atoms with Crippen molar-refractivity contribution in [3.8, 4) is 0 Å². The van der Waals surface area contributed by atoms with E-state index < -0.39 is 17.2 Å². The molecular weight excluding hydrogens is 264 g/mol. The number of aromatic carboxylic acids is 1. The van der Waals surface area contributed by atoms with Crippen LogP contribution < -0.4 is 11.2 Å². The Morgan fingerprint density at radius 1 is 1.35 bits per heavy atom. The van der Waals surface area contributed by atoms with Gasteiger partial charge in [-0.15, -0.1) is 0 Å². The quantitative estimate of drug-likeness (QED) is 0.834. The Balaban J connectivity index is 2.90. The average molecular weight is 280 g/mol. The molecule has 0 saturated heterocycles. The summed E-state index contributed by atoms with van der Waals surface area (Å²) in [7, 11) is 0. The van der Waals surface area contributed by atoms with Crippen LogP contribution in [0.3, 0.4) is 0 Å². The largest absolute Gasteiger partial charge is 0.475 e. The minimum atomic E-state index is -1.27. The second-order valence-electron chi connectivity index (χ2n) is 4.93. The van der Waals surface area contributed by atoms with Gasteiger partial charge in [-0.1, -0.05) is 13.8 Å². The first-order valence-corrected chi connectivity index (χ1v) is 6.33. The number of H-pyrrole nitrogens is 1. The second-order valence-corrected chi connectivity index (χ2v) is 4.93. The molecule has 2 N–H and O–H groups in total. The summed E-state index contributed by atoms with van der Waals surface area (Å²) >= 11 is 0. The van der Waals surface area contributed by atoms with Crippen LogP contribution in [0.25, 0.3) is 11.2 Å². The highest BCUT2D eigenvalue weighted by Gasteiger charge is 2.19. The van der Waals surface area contributed by atoms with Gasteiger partial charge in [-0.25, -0.2) is 14.6 Å². The Bertz CT molecular complexity index is 781. The molecule has 0 aliphatic rings. The first kappa shape index (κ1) is 14.0. The van der Waals surface area contributed by atoms with Crippen molar-refractivity contribution in [2.75, 3.05) is 0 Å². The summed E-state index contributed by atoms with van der Waals surface area (Å²) in [6, 6.07) is 0. The van der Waals surface area contributed by atoms with Crippen molar-refractivity contribution in [1.82, 2.24) is 19.1 Å². The minimum absolute atomic E-state index is 0.0458. The zero-order valence-electron chi connectivity index (χ0n) is 11.5. The van der Waals surface area contributed by atoms with Crippen LogP contribution in [0, 0.1) is 5.92 Å². The smallest absolute Gasteiger partial charge is 0.371 e. The zero-order chi connectivity index (χ0) is 15.0. The Morgan fingerprint density at radius 2 is 2.00 bits per heavy atom. The van der Waals surface area contributed by atoms with Crippen LogP contribution in [0.15, 0.2) is 9.59 Å². The molecular formula is C12H16N4O4. The molecule has 0 saturated carbocycles. The first-order valence-electron chi connectivity index (χ1n) is 6.33. The van der Waals surface area contributed by atoms with E-state index in [-0.39, 0.29) is 29.5 Å². The molecule has 0 bridgehead atoms. The monoisotopic (exact) mass is 280 g/mol. The van der Waals surface area contributed by atoms with Gasteiger partial charge in [-0.2, -0.15) is 0 Å². The molecule has 2 aromatic rings. The van der Waals surface area contributed by atoms with Gasteiger partial charge in [0, 0.05) is 13.1 Å². The van der Waals surface area contributed by atoms with Crippen LogP contribution >= 0.6 is 0 Å². The van der Waals surface area contributed by atoms with Gasteiger partial charge in [0.15, 0.2) is 11.2 Å². The molecule has 0 amide bonds. The summed E-state index contributed by atoms with van der Waals surface area (Å²) in [5.74, 6) is -1.46. The molecule has 2 rings (SSSR count). The molecule has 20 heavy (non-hydrogen) atoms. The topological polar surface area (TPSA) is 110 Å². The van der Waals surface area contributed by atoms with Crippen LogP contribution in [0.4, 0.5) is 0 Å². The molecule has 0 atom stereocenters. The molecule has 0 aliphatic heterocycles. The summed E-state index contributed by atoms with van der Waals surface area (Å²) in [6.07, 6.45) is 0. The lowest BCUT2D eigenvalue weighted by Crippen LogP contribution is -2.40. The van der Waals surface area contributed by atoms with Crippen molar-refractivity contribution in [3.05, 3.63) is 26.7 Å². The molecule has 0 fully saturated rings. The second kappa shape index (κ2) is 4.95. The molecule has 108 valence electrons. The molecule has 0 unspecified atom stereocenters. The van der Waals surface area contributed by atoms with Crippen LogP contribution in [0.1, 0.15) is 31.4 Å². The van der Waals surface area contributed by atoms with E-state index in [0.717, 1.165) is 4.57 Å². The minimum Gasteiger partial charge on any atom is -0.475 e. The van der Waals surface area contributed by atoms with Crippen molar-refractivity contribution in [2.45, 2.75) is 33.9 Å². The van der Waals surface area contributed by atoms with Crippen molar-refractivity contribution >= 4 is 17.1 Å². The van der Waals surface area contributed by atoms with Crippen LogP contribution in [-0.2, 0) is 13.1 Å². The van der Waals surface area contributed by atoms with Gasteiger partial charge in [-0.05, 0) is 12.8 Å². The van der Waals surface area contributed by atoms with Crippen LogP contribution in [0.5, 0.6) is 0 Å². The van der Waals surface area contributed by atoms with Gasteiger partial charge in [0.25, 0.3) is 5.56 Å². The molecule has 0 spiro atoms. The molecule has 8 nitrogen and oxygen atoms in total. The number of hydrogen-bond acceptors (Lipinski definition) is 4. The van der Waals surface area contributed by atoms with Crippen LogP contribution in [-0.4, -0.2) is 30.2 Å². The Labute approximate surface area is 113 Å².